The molecule has 1 aromatic carbocycles. The highest BCUT2D eigenvalue weighted by molar-refractivity contribution is 9.09. The largest absolute Gasteiger partial charge is 0.334 e. The minimum atomic E-state index is -1.60. The highest BCUT2D eigenvalue weighted by Gasteiger charge is 2.35. The van der Waals surface area contributed by atoms with E-state index in [1.807, 2.05) is 6.92 Å². The number of benzene rings is 1. The van der Waals surface area contributed by atoms with Crippen molar-refractivity contribution in [1.29, 1.82) is 0 Å². The van der Waals surface area contributed by atoms with Crippen LogP contribution in [-0.2, 0) is 0 Å². The molecular weight excluding hydrogens is 323 g/mol. The first kappa shape index (κ1) is 14.4. The highest BCUT2D eigenvalue weighted by Crippen LogP contribution is 2.28. The van der Waals surface area contributed by atoms with E-state index < -0.39 is 28.9 Å². The number of nitrogens with zero attached hydrogens (tertiary/aromatic N) is 1. The second-order valence-electron chi connectivity index (χ2n) is 4.71. The Balaban J connectivity index is 2.33. The number of amides is 1. The van der Waals surface area contributed by atoms with Crippen LogP contribution in [0, 0.1) is 23.4 Å². The lowest BCUT2D eigenvalue weighted by atomic mass is 10.0. The number of halogens is 4. The molecule has 2 rings (SSSR count). The van der Waals surface area contributed by atoms with Crippen LogP contribution in [0.4, 0.5) is 13.2 Å². The molecule has 0 radical (unpaired) electrons. The quantitative estimate of drug-likeness (QED) is 0.599. The number of carbonyl (C=O) groups is 1. The molecule has 1 fully saturated rings. The number of alkyl halides is 1. The summed E-state index contributed by atoms with van der Waals surface area (Å²) >= 11 is 3.32. The number of rotatable bonds is 2. The Hall–Kier alpha value is -1.04. The van der Waals surface area contributed by atoms with E-state index in [0.717, 1.165) is 18.6 Å². The summed E-state index contributed by atoms with van der Waals surface area (Å²) in [6.45, 7) is 2.50. The molecule has 0 aliphatic carbocycles. The molecule has 0 N–H and O–H groups in total. The fourth-order valence-corrected chi connectivity index (χ4v) is 3.33. The molecule has 1 aliphatic rings. The Kier molecular flexibility index (Phi) is 4.18. The van der Waals surface area contributed by atoms with E-state index in [4.69, 9.17) is 0 Å². The van der Waals surface area contributed by atoms with Crippen molar-refractivity contribution in [1.82, 2.24) is 4.90 Å². The lowest BCUT2D eigenvalue weighted by Gasteiger charge is -2.25. The lowest BCUT2D eigenvalue weighted by molar-refractivity contribution is 0.0732. The van der Waals surface area contributed by atoms with Gasteiger partial charge in [-0.1, -0.05) is 22.9 Å². The maximum Gasteiger partial charge on any atom is 0.257 e. The van der Waals surface area contributed by atoms with Crippen molar-refractivity contribution in [3.63, 3.8) is 0 Å². The molecule has 19 heavy (non-hydrogen) atoms. The molecule has 1 amide bonds. The van der Waals surface area contributed by atoms with Crippen LogP contribution in [0.15, 0.2) is 12.1 Å². The molecule has 0 bridgehead atoms. The molecule has 1 aromatic rings. The predicted molar refractivity (Wildman–Crippen MR) is 68.7 cm³/mol. The van der Waals surface area contributed by atoms with Crippen molar-refractivity contribution >= 4 is 21.8 Å². The SMILES string of the molecule is CC1CCN(C(=O)c2ccc(F)c(F)c2F)C1CBr. The number of hydrogen-bond acceptors (Lipinski definition) is 1. The van der Waals surface area contributed by atoms with Crippen LogP contribution in [0.1, 0.15) is 23.7 Å². The van der Waals surface area contributed by atoms with Crippen LogP contribution in [0.3, 0.4) is 0 Å². The summed E-state index contributed by atoms with van der Waals surface area (Å²) in [5, 5.41) is 0.575. The molecule has 2 nitrogen and oxygen atoms in total. The number of hydrogen-bond donors (Lipinski definition) is 0. The first-order chi connectivity index (χ1) is 8.97. The molecular formula is C13H13BrF3NO. The van der Waals surface area contributed by atoms with Crippen molar-refractivity contribution in [3.05, 3.63) is 35.1 Å². The maximum absolute atomic E-state index is 13.6. The molecule has 6 heteroatoms. The van der Waals surface area contributed by atoms with Gasteiger partial charge < -0.3 is 4.90 Å². The standard InChI is InChI=1S/C13H13BrF3NO/c1-7-4-5-18(10(7)6-14)13(19)8-2-3-9(15)12(17)11(8)16/h2-3,7,10H,4-6H2,1H3. The van der Waals surface area contributed by atoms with E-state index in [9.17, 15) is 18.0 Å². The zero-order valence-corrected chi connectivity index (χ0v) is 11.9. The van der Waals surface area contributed by atoms with Crippen LogP contribution < -0.4 is 0 Å². The van der Waals surface area contributed by atoms with Gasteiger partial charge in [-0.15, -0.1) is 0 Å². The molecule has 1 heterocycles. The van der Waals surface area contributed by atoms with Gasteiger partial charge in [0.1, 0.15) is 0 Å². The topological polar surface area (TPSA) is 20.3 Å². The van der Waals surface area contributed by atoms with Crippen LogP contribution in [0.25, 0.3) is 0 Å². The Morgan fingerprint density at radius 3 is 2.68 bits per heavy atom. The number of likely N-dealkylation sites (tertiary alicyclic amines) is 1. The lowest BCUT2D eigenvalue weighted by Crippen LogP contribution is -2.39. The molecule has 2 unspecified atom stereocenters. The van der Waals surface area contributed by atoms with Crippen molar-refractivity contribution in [2.45, 2.75) is 19.4 Å². The third kappa shape index (κ3) is 2.50. The summed E-state index contributed by atoms with van der Waals surface area (Å²) in [6, 6.07) is 1.71. The summed E-state index contributed by atoms with van der Waals surface area (Å²) < 4.78 is 39.6. The average molecular weight is 336 g/mol. The van der Waals surface area contributed by atoms with Crippen LogP contribution in [-0.4, -0.2) is 28.7 Å². The summed E-state index contributed by atoms with van der Waals surface area (Å²) in [5.41, 5.74) is -0.418. The monoisotopic (exact) mass is 335 g/mol. The van der Waals surface area contributed by atoms with Gasteiger partial charge >= 0.3 is 0 Å². The van der Waals surface area contributed by atoms with Gasteiger partial charge in [0.15, 0.2) is 17.5 Å². The van der Waals surface area contributed by atoms with Gasteiger partial charge in [-0.25, -0.2) is 13.2 Å². The Labute approximate surface area is 117 Å². The van der Waals surface area contributed by atoms with Gasteiger partial charge in [0.2, 0.25) is 0 Å². The minimum Gasteiger partial charge on any atom is -0.334 e. The van der Waals surface area contributed by atoms with Crippen molar-refractivity contribution < 1.29 is 18.0 Å². The van der Waals surface area contributed by atoms with Gasteiger partial charge in [-0.05, 0) is 24.5 Å². The summed E-state index contributed by atoms with van der Waals surface area (Å²) in [4.78, 5) is 13.7. The van der Waals surface area contributed by atoms with Gasteiger partial charge in [0, 0.05) is 17.9 Å². The first-order valence-corrected chi connectivity index (χ1v) is 7.10. The molecule has 0 spiro atoms. The van der Waals surface area contributed by atoms with Crippen molar-refractivity contribution in [2.24, 2.45) is 5.92 Å². The van der Waals surface area contributed by atoms with E-state index in [1.165, 1.54) is 4.90 Å². The Bertz CT molecular complexity index is 509. The highest BCUT2D eigenvalue weighted by atomic mass is 79.9. The summed E-state index contributed by atoms with van der Waals surface area (Å²) in [5.74, 6) is -4.62. The third-order valence-corrected chi connectivity index (χ3v) is 4.23. The van der Waals surface area contributed by atoms with Gasteiger partial charge in [-0.3, -0.25) is 4.79 Å². The second-order valence-corrected chi connectivity index (χ2v) is 5.36. The van der Waals surface area contributed by atoms with E-state index in [1.54, 1.807) is 0 Å². The normalized spacial score (nSPS) is 22.9. The van der Waals surface area contributed by atoms with Crippen LogP contribution in [0.5, 0.6) is 0 Å². The maximum atomic E-state index is 13.6. The minimum absolute atomic E-state index is 0.0555. The molecule has 1 aliphatic heterocycles. The van der Waals surface area contributed by atoms with E-state index in [-0.39, 0.29) is 12.0 Å². The van der Waals surface area contributed by atoms with Crippen LogP contribution >= 0.6 is 15.9 Å². The summed E-state index contributed by atoms with van der Waals surface area (Å²) in [7, 11) is 0. The predicted octanol–water partition coefficient (Wildman–Crippen LogP) is 3.35. The fraction of sp³-hybridized carbons (Fsp3) is 0.462. The van der Waals surface area contributed by atoms with Crippen molar-refractivity contribution in [2.75, 3.05) is 11.9 Å². The van der Waals surface area contributed by atoms with Gasteiger partial charge in [0.05, 0.1) is 5.56 Å². The van der Waals surface area contributed by atoms with E-state index in [2.05, 4.69) is 15.9 Å². The Morgan fingerprint density at radius 1 is 1.37 bits per heavy atom. The van der Waals surface area contributed by atoms with Gasteiger partial charge in [0.25, 0.3) is 5.91 Å². The molecule has 0 saturated carbocycles. The fourth-order valence-electron chi connectivity index (χ4n) is 2.34. The number of carbonyl (C=O) groups excluding carboxylic acids is 1. The molecule has 104 valence electrons. The second kappa shape index (κ2) is 5.53. The molecule has 0 aromatic heterocycles. The summed E-state index contributed by atoms with van der Waals surface area (Å²) in [6.07, 6.45) is 0.813. The zero-order valence-electron chi connectivity index (χ0n) is 10.3. The zero-order chi connectivity index (χ0) is 14.2. The van der Waals surface area contributed by atoms with E-state index in [0.29, 0.717) is 11.9 Å². The van der Waals surface area contributed by atoms with Crippen molar-refractivity contribution in [3.8, 4) is 0 Å². The van der Waals surface area contributed by atoms with Gasteiger partial charge in [-0.2, -0.15) is 0 Å². The molecule has 1 saturated heterocycles. The van der Waals surface area contributed by atoms with Crippen LogP contribution in [0.2, 0.25) is 0 Å². The Morgan fingerprint density at radius 2 is 2.05 bits per heavy atom. The average Bonchev–Trinajstić information content (AvgIpc) is 2.76. The third-order valence-electron chi connectivity index (χ3n) is 3.57. The smallest absolute Gasteiger partial charge is 0.257 e. The van der Waals surface area contributed by atoms with E-state index >= 15 is 0 Å². The first-order valence-electron chi connectivity index (χ1n) is 5.97. The molecule has 2 atom stereocenters.